The van der Waals surface area contributed by atoms with Crippen molar-refractivity contribution in [2.24, 2.45) is 0 Å². The molecule has 0 aliphatic carbocycles. The Morgan fingerprint density at radius 2 is 1.81 bits per heavy atom. The molecule has 2 aromatic rings. The molecule has 0 saturated carbocycles. The van der Waals surface area contributed by atoms with Gasteiger partial charge in [0.05, 0.1) is 5.69 Å². The summed E-state index contributed by atoms with van der Waals surface area (Å²) in [6.07, 6.45) is 0. The lowest BCUT2D eigenvalue weighted by Gasteiger charge is -2.11. The number of hydrogen-bond acceptors (Lipinski definition) is 3. The van der Waals surface area contributed by atoms with Crippen molar-refractivity contribution in [1.29, 1.82) is 0 Å². The van der Waals surface area contributed by atoms with Crippen molar-refractivity contribution in [3.63, 3.8) is 0 Å². The first-order chi connectivity index (χ1) is 9.70. The minimum absolute atomic E-state index is 0.0569. The number of aryl methyl sites for hydroxylation is 1. The molecule has 0 spiro atoms. The number of nitrogens with one attached hydrogen (secondary N) is 1. The molecule has 0 radical (unpaired) electrons. The minimum Gasteiger partial charge on any atom is -0.398 e. The van der Waals surface area contributed by atoms with Gasteiger partial charge >= 0.3 is 0 Å². The molecule has 0 fully saturated rings. The molecule has 0 aliphatic rings. The summed E-state index contributed by atoms with van der Waals surface area (Å²) in [5.74, 6) is -1.74. The molecule has 0 aromatic heterocycles. The average molecular weight is 377 g/mol. The molecule has 112 valence electrons. The molecule has 21 heavy (non-hydrogen) atoms. The van der Waals surface area contributed by atoms with Gasteiger partial charge in [-0.25, -0.2) is 17.2 Å². The lowest BCUT2D eigenvalue weighted by Crippen LogP contribution is -2.16. The van der Waals surface area contributed by atoms with Crippen LogP contribution < -0.4 is 10.5 Å². The van der Waals surface area contributed by atoms with Crippen molar-refractivity contribution in [3.8, 4) is 0 Å². The van der Waals surface area contributed by atoms with Gasteiger partial charge in [0.25, 0.3) is 10.0 Å². The van der Waals surface area contributed by atoms with Gasteiger partial charge in [0.2, 0.25) is 0 Å². The van der Waals surface area contributed by atoms with Crippen LogP contribution in [0.5, 0.6) is 0 Å². The summed E-state index contributed by atoms with van der Waals surface area (Å²) in [7, 11) is -4.29. The highest BCUT2D eigenvalue weighted by Gasteiger charge is 2.22. The van der Waals surface area contributed by atoms with E-state index in [1.165, 1.54) is 12.1 Å². The molecule has 4 nitrogen and oxygen atoms in total. The van der Waals surface area contributed by atoms with Gasteiger partial charge in [0.1, 0.15) is 16.5 Å². The number of rotatable bonds is 3. The van der Waals surface area contributed by atoms with Gasteiger partial charge < -0.3 is 5.73 Å². The van der Waals surface area contributed by atoms with E-state index >= 15 is 0 Å². The van der Waals surface area contributed by atoms with E-state index in [9.17, 15) is 17.2 Å². The molecule has 0 atom stereocenters. The molecule has 0 amide bonds. The van der Waals surface area contributed by atoms with Crippen molar-refractivity contribution < 1.29 is 17.2 Å². The molecule has 0 aliphatic heterocycles. The van der Waals surface area contributed by atoms with Gasteiger partial charge in [-0.1, -0.05) is 6.07 Å². The molecular weight excluding hydrogens is 366 g/mol. The van der Waals surface area contributed by atoms with Crippen LogP contribution in [0.1, 0.15) is 5.56 Å². The lowest BCUT2D eigenvalue weighted by atomic mass is 10.2. The third kappa shape index (κ3) is 3.33. The third-order valence-corrected chi connectivity index (χ3v) is 4.77. The van der Waals surface area contributed by atoms with E-state index in [1.54, 1.807) is 6.92 Å². The topological polar surface area (TPSA) is 72.2 Å². The molecule has 3 N–H and O–H groups in total. The van der Waals surface area contributed by atoms with Crippen molar-refractivity contribution in [2.45, 2.75) is 11.8 Å². The van der Waals surface area contributed by atoms with Crippen molar-refractivity contribution in [3.05, 3.63) is 52.0 Å². The fourth-order valence-corrected chi connectivity index (χ4v) is 3.14. The maximum absolute atomic E-state index is 13.8. The van der Waals surface area contributed by atoms with Crippen LogP contribution in [0, 0.1) is 18.6 Å². The van der Waals surface area contributed by atoms with Crippen LogP contribution in [0.25, 0.3) is 0 Å². The molecule has 2 rings (SSSR count). The standard InChI is InChI=1S/C13H11BrF2N2O2S/c1-7-2-3-9(15)12(4-7)18-21(19,20)13-6-11(17)8(14)5-10(13)16/h2-6,18H,17H2,1H3. The van der Waals surface area contributed by atoms with Gasteiger partial charge in [-0.3, -0.25) is 4.72 Å². The first-order valence-electron chi connectivity index (χ1n) is 5.74. The van der Waals surface area contributed by atoms with E-state index in [0.717, 1.165) is 18.2 Å². The van der Waals surface area contributed by atoms with E-state index in [4.69, 9.17) is 5.73 Å². The van der Waals surface area contributed by atoms with Gasteiger partial charge in [0.15, 0.2) is 0 Å². The predicted molar refractivity (Wildman–Crippen MR) is 80.5 cm³/mol. The molecule has 0 bridgehead atoms. The second kappa shape index (κ2) is 5.61. The zero-order valence-electron chi connectivity index (χ0n) is 10.8. The fourth-order valence-electron chi connectivity index (χ4n) is 1.67. The zero-order chi connectivity index (χ0) is 15.8. The van der Waals surface area contributed by atoms with Crippen LogP contribution in [-0.4, -0.2) is 8.42 Å². The summed E-state index contributed by atoms with van der Waals surface area (Å²) < 4.78 is 54.0. The monoisotopic (exact) mass is 376 g/mol. The first-order valence-corrected chi connectivity index (χ1v) is 8.02. The summed E-state index contributed by atoms with van der Waals surface area (Å²) in [6, 6.07) is 5.84. The van der Waals surface area contributed by atoms with Crippen molar-refractivity contribution in [1.82, 2.24) is 0 Å². The van der Waals surface area contributed by atoms with E-state index in [0.29, 0.717) is 5.56 Å². The second-order valence-electron chi connectivity index (χ2n) is 4.39. The Morgan fingerprint density at radius 3 is 2.48 bits per heavy atom. The maximum atomic E-state index is 13.8. The highest BCUT2D eigenvalue weighted by Crippen LogP contribution is 2.28. The van der Waals surface area contributed by atoms with Crippen molar-refractivity contribution >= 4 is 37.3 Å². The number of anilines is 2. The Hall–Kier alpha value is -1.67. The molecule has 0 heterocycles. The van der Waals surface area contributed by atoms with Crippen LogP contribution in [0.4, 0.5) is 20.2 Å². The number of nitrogen functional groups attached to an aromatic ring is 1. The van der Waals surface area contributed by atoms with Crippen LogP contribution in [-0.2, 0) is 10.0 Å². The highest BCUT2D eigenvalue weighted by molar-refractivity contribution is 9.10. The van der Waals surface area contributed by atoms with Gasteiger partial charge in [-0.15, -0.1) is 0 Å². The molecule has 8 heteroatoms. The largest absolute Gasteiger partial charge is 0.398 e. The number of nitrogens with two attached hydrogens (primary N) is 1. The first kappa shape index (κ1) is 15.7. The third-order valence-electron chi connectivity index (χ3n) is 2.71. The van der Waals surface area contributed by atoms with Gasteiger partial charge in [0, 0.05) is 10.2 Å². The molecular formula is C13H11BrF2N2O2S. The number of halogens is 3. The summed E-state index contributed by atoms with van der Waals surface area (Å²) in [6.45, 7) is 1.68. The predicted octanol–water partition coefficient (Wildman–Crippen LogP) is 3.42. The molecule has 0 saturated heterocycles. The lowest BCUT2D eigenvalue weighted by molar-refractivity contribution is 0.569. The Balaban J connectivity index is 2.48. The van der Waals surface area contributed by atoms with Gasteiger partial charge in [-0.05, 0) is 52.7 Å². The molecule has 2 aromatic carbocycles. The SMILES string of the molecule is Cc1ccc(F)c(NS(=O)(=O)c2cc(N)c(Br)cc2F)c1. The van der Waals surface area contributed by atoms with E-state index in [2.05, 4.69) is 15.9 Å². The minimum atomic E-state index is -4.29. The van der Waals surface area contributed by atoms with E-state index in [-0.39, 0.29) is 15.8 Å². The summed E-state index contributed by atoms with van der Waals surface area (Å²) in [4.78, 5) is -0.649. The Morgan fingerprint density at radius 1 is 1.14 bits per heavy atom. The smallest absolute Gasteiger partial charge is 0.264 e. The summed E-state index contributed by atoms with van der Waals surface area (Å²) >= 11 is 2.99. The quantitative estimate of drug-likeness (QED) is 0.806. The Labute approximate surface area is 129 Å². The fraction of sp³-hybridized carbons (Fsp3) is 0.0769. The van der Waals surface area contributed by atoms with Crippen LogP contribution >= 0.6 is 15.9 Å². The van der Waals surface area contributed by atoms with E-state index in [1.807, 2.05) is 4.72 Å². The number of hydrogen-bond donors (Lipinski definition) is 2. The second-order valence-corrected chi connectivity index (χ2v) is 6.90. The van der Waals surface area contributed by atoms with Crippen LogP contribution in [0.2, 0.25) is 0 Å². The summed E-state index contributed by atoms with van der Waals surface area (Å²) in [5.41, 5.74) is 6.01. The van der Waals surface area contributed by atoms with Crippen LogP contribution in [0.15, 0.2) is 39.7 Å². The number of sulfonamides is 1. The molecule has 0 unspecified atom stereocenters. The van der Waals surface area contributed by atoms with Crippen molar-refractivity contribution in [2.75, 3.05) is 10.5 Å². The normalized spacial score (nSPS) is 11.4. The number of benzene rings is 2. The maximum Gasteiger partial charge on any atom is 0.264 e. The van der Waals surface area contributed by atoms with Crippen LogP contribution in [0.3, 0.4) is 0 Å². The highest BCUT2D eigenvalue weighted by atomic mass is 79.9. The Kier molecular flexibility index (Phi) is 4.20. The summed E-state index contributed by atoms with van der Waals surface area (Å²) in [5, 5.41) is 0. The van der Waals surface area contributed by atoms with E-state index < -0.39 is 26.6 Å². The average Bonchev–Trinajstić information content (AvgIpc) is 2.37. The Bertz CT molecular complexity index is 810. The van der Waals surface area contributed by atoms with Gasteiger partial charge in [-0.2, -0.15) is 0 Å². The zero-order valence-corrected chi connectivity index (χ0v) is 13.2.